The van der Waals surface area contributed by atoms with E-state index in [0.717, 1.165) is 28.6 Å². The minimum Gasteiger partial charge on any atom is -0.359 e. The Morgan fingerprint density at radius 1 is 1.23 bits per heavy atom. The van der Waals surface area contributed by atoms with Gasteiger partial charge < -0.3 is 5.32 Å². The van der Waals surface area contributed by atoms with Crippen LogP contribution in [0.25, 0.3) is 0 Å². The third-order valence-corrected chi connectivity index (χ3v) is 4.92. The Morgan fingerprint density at radius 2 is 1.77 bits per heavy atom. The lowest BCUT2D eigenvalue weighted by Crippen LogP contribution is -2.29. The quantitative estimate of drug-likeness (QED) is 0.861. The lowest BCUT2D eigenvalue weighted by atomic mass is 10.2. The molecule has 0 heterocycles. The van der Waals surface area contributed by atoms with E-state index in [1.165, 1.54) is 14.1 Å². The predicted octanol–water partition coefficient (Wildman–Crippen LogP) is 1.85. The maximum Gasteiger partial charge on any atom is 0.416 e. The highest BCUT2D eigenvalue weighted by Crippen LogP contribution is 2.30. The molecular formula is C13H17F3N2O3S. The van der Waals surface area contributed by atoms with Crippen LogP contribution in [0.3, 0.4) is 0 Å². The van der Waals surface area contributed by atoms with Crippen LogP contribution in [0.5, 0.6) is 0 Å². The van der Waals surface area contributed by atoms with Crippen LogP contribution in [0.15, 0.2) is 29.2 Å². The fourth-order valence-corrected chi connectivity index (χ4v) is 2.91. The van der Waals surface area contributed by atoms with E-state index >= 15 is 0 Å². The van der Waals surface area contributed by atoms with Gasteiger partial charge in [-0.1, -0.05) is 0 Å². The summed E-state index contributed by atoms with van der Waals surface area (Å²) in [5.41, 5.74) is -0.909. The second kappa shape index (κ2) is 7.10. The van der Waals surface area contributed by atoms with Gasteiger partial charge in [0.1, 0.15) is 0 Å². The summed E-state index contributed by atoms with van der Waals surface area (Å²) in [6, 6.07) is 3.30. The number of benzene rings is 1. The van der Waals surface area contributed by atoms with E-state index in [0.29, 0.717) is 6.42 Å². The second-order valence-corrected chi connectivity index (χ2v) is 6.67. The van der Waals surface area contributed by atoms with Crippen LogP contribution in [0.2, 0.25) is 0 Å². The highest BCUT2D eigenvalue weighted by molar-refractivity contribution is 7.89. The minimum absolute atomic E-state index is 0.0940. The van der Waals surface area contributed by atoms with Gasteiger partial charge >= 0.3 is 6.18 Å². The molecule has 0 aromatic heterocycles. The van der Waals surface area contributed by atoms with Gasteiger partial charge in [-0.2, -0.15) is 13.2 Å². The summed E-state index contributed by atoms with van der Waals surface area (Å²) < 4.78 is 62.7. The number of nitrogens with zero attached hydrogens (tertiary/aromatic N) is 1. The van der Waals surface area contributed by atoms with Gasteiger partial charge in [0, 0.05) is 27.1 Å². The fourth-order valence-electron chi connectivity index (χ4n) is 1.70. The van der Waals surface area contributed by atoms with Crippen molar-refractivity contribution in [2.45, 2.75) is 23.9 Å². The Morgan fingerprint density at radius 3 is 2.23 bits per heavy atom. The van der Waals surface area contributed by atoms with Gasteiger partial charge in [0.2, 0.25) is 15.9 Å². The zero-order valence-electron chi connectivity index (χ0n) is 12.1. The zero-order valence-corrected chi connectivity index (χ0v) is 13.0. The minimum atomic E-state index is -4.51. The van der Waals surface area contributed by atoms with Crippen molar-refractivity contribution in [1.29, 1.82) is 0 Å². The number of halogens is 3. The van der Waals surface area contributed by atoms with Gasteiger partial charge in [0.05, 0.1) is 10.5 Å². The van der Waals surface area contributed by atoms with Gasteiger partial charge in [-0.15, -0.1) is 0 Å². The third-order valence-electron chi connectivity index (χ3n) is 3.05. The molecule has 5 nitrogen and oxygen atoms in total. The lowest BCUT2D eigenvalue weighted by Gasteiger charge is -2.17. The van der Waals surface area contributed by atoms with Crippen LogP contribution in [-0.4, -0.2) is 39.3 Å². The molecule has 0 radical (unpaired) electrons. The molecule has 22 heavy (non-hydrogen) atoms. The Kier molecular flexibility index (Phi) is 5.95. The van der Waals surface area contributed by atoms with Gasteiger partial charge in [-0.3, -0.25) is 4.79 Å². The van der Waals surface area contributed by atoms with E-state index in [1.54, 1.807) is 0 Å². The number of amides is 1. The average Bonchev–Trinajstić information content (AvgIpc) is 2.46. The molecule has 0 unspecified atom stereocenters. The van der Waals surface area contributed by atoms with Crippen LogP contribution < -0.4 is 5.32 Å². The molecule has 0 bridgehead atoms. The molecule has 1 aromatic rings. The molecule has 9 heteroatoms. The lowest BCUT2D eigenvalue weighted by molar-refractivity contribution is -0.137. The number of nitrogens with one attached hydrogen (secondary N) is 1. The normalized spacial score (nSPS) is 12.5. The summed E-state index contributed by atoms with van der Waals surface area (Å²) in [6.45, 7) is 0.0940. The molecule has 0 aliphatic rings. The highest BCUT2D eigenvalue weighted by Gasteiger charge is 2.31. The first kappa shape index (κ1) is 18.4. The summed E-state index contributed by atoms with van der Waals surface area (Å²) in [4.78, 5) is 10.8. The van der Waals surface area contributed by atoms with E-state index in [1.807, 2.05) is 0 Å². The molecule has 1 aromatic carbocycles. The van der Waals surface area contributed by atoms with Crippen molar-refractivity contribution in [2.75, 3.05) is 20.6 Å². The van der Waals surface area contributed by atoms with Crippen molar-refractivity contribution in [1.82, 2.24) is 9.62 Å². The Bertz CT molecular complexity index is 612. The first-order valence-electron chi connectivity index (χ1n) is 6.43. The average molecular weight is 338 g/mol. The van der Waals surface area contributed by atoms with Gasteiger partial charge in [-0.25, -0.2) is 12.7 Å². The van der Waals surface area contributed by atoms with Gasteiger partial charge in [0.15, 0.2) is 0 Å². The summed E-state index contributed by atoms with van der Waals surface area (Å²) in [5, 5.41) is 2.42. The maximum absolute atomic E-state index is 12.5. The van der Waals surface area contributed by atoms with Crippen molar-refractivity contribution in [3.05, 3.63) is 29.8 Å². The van der Waals surface area contributed by atoms with Gasteiger partial charge in [0.25, 0.3) is 0 Å². The van der Waals surface area contributed by atoms with Crippen LogP contribution in [-0.2, 0) is 21.0 Å². The van der Waals surface area contributed by atoms with Crippen LogP contribution in [0, 0.1) is 0 Å². The number of sulfonamides is 1. The molecule has 0 spiro atoms. The molecule has 0 saturated carbocycles. The molecule has 1 N–H and O–H groups in total. The summed E-state index contributed by atoms with van der Waals surface area (Å²) >= 11 is 0. The van der Waals surface area contributed by atoms with E-state index in [-0.39, 0.29) is 23.8 Å². The van der Waals surface area contributed by atoms with E-state index in [4.69, 9.17) is 0 Å². The number of hydrogen-bond donors (Lipinski definition) is 1. The first-order valence-corrected chi connectivity index (χ1v) is 7.87. The predicted molar refractivity (Wildman–Crippen MR) is 74.6 cm³/mol. The van der Waals surface area contributed by atoms with Crippen molar-refractivity contribution < 1.29 is 26.4 Å². The SMILES string of the molecule is CNC(=O)CCCN(C)S(=O)(=O)c1ccc(C(F)(F)F)cc1. The Labute approximate surface area is 127 Å². The van der Waals surface area contributed by atoms with E-state index in [9.17, 15) is 26.4 Å². The highest BCUT2D eigenvalue weighted by atomic mass is 32.2. The van der Waals surface area contributed by atoms with Crippen LogP contribution in [0.1, 0.15) is 18.4 Å². The number of alkyl halides is 3. The topological polar surface area (TPSA) is 66.5 Å². The molecule has 124 valence electrons. The molecule has 0 aliphatic carbocycles. The van der Waals surface area contributed by atoms with Crippen molar-refractivity contribution in [3.8, 4) is 0 Å². The number of hydrogen-bond acceptors (Lipinski definition) is 3. The smallest absolute Gasteiger partial charge is 0.359 e. The maximum atomic E-state index is 12.5. The largest absolute Gasteiger partial charge is 0.416 e. The molecule has 1 rings (SSSR count). The van der Waals surface area contributed by atoms with Crippen LogP contribution >= 0.6 is 0 Å². The second-order valence-electron chi connectivity index (χ2n) is 4.63. The number of carbonyl (C=O) groups is 1. The van der Waals surface area contributed by atoms with Crippen LogP contribution in [0.4, 0.5) is 13.2 Å². The molecule has 0 aliphatic heterocycles. The van der Waals surface area contributed by atoms with Gasteiger partial charge in [-0.05, 0) is 30.7 Å². The Hall–Kier alpha value is -1.61. The monoisotopic (exact) mass is 338 g/mol. The molecule has 1 amide bonds. The molecule has 0 atom stereocenters. The molecular weight excluding hydrogens is 321 g/mol. The Balaban J connectivity index is 2.79. The van der Waals surface area contributed by atoms with E-state index < -0.39 is 21.8 Å². The van der Waals surface area contributed by atoms with Crippen molar-refractivity contribution in [2.24, 2.45) is 0 Å². The summed E-state index contributed by atoms with van der Waals surface area (Å²) in [5.74, 6) is -0.208. The first-order chi connectivity index (χ1) is 10.1. The number of rotatable bonds is 6. The number of carbonyl (C=O) groups excluding carboxylic acids is 1. The van der Waals surface area contributed by atoms with Crippen molar-refractivity contribution in [3.63, 3.8) is 0 Å². The summed E-state index contributed by atoms with van der Waals surface area (Å²) in [6.07, 6.45) is -4.03. The van der Waals surface area contributed by atoms with E-state index in [2.05, 4.69) is 5.32 Å². The molecule has 0 saturated heterocycles. The molecule has 0 fully saturated rings. The summed E-state index contributed by atoms with van der Waals surface area (Å²) in [7, 11) is -1.08. The third kappa shape index (κ3) is 4.70. The van der Waals surface area contributed by atoms with Crippen molar-refractivity contribution >= 4 is 15.9 Å². The fraction of sp³-hybridized carbons (Fsp3) is 0.462. The standard InChI is InChI=1S/C13H17F3N2O3S/c1-17-12(19)4-3-9-18(2)22(20,21)11-7-5-10(6-8-11)13(14,15)16/h5-8H,3-4,9H2,1-2H3,(H,17,19). The zero-order chi connectivity index (χ0) is 17.0.